The number of hydrogen-bond acceptors (Lipinski definition) is 6. The summed E-state index contributed by atoms with van der Waals surface area (Å²) in [4.78, 5) is 20.2. The third-order valence-electron chi connectivity index (χ3n) is 3.16. The van der Waals surface area contributed by atoms with Gasteiger partial charge in [-0.15, -0.1) is 0 Å². The van der Waals surface area contributed by atoms with Gasteiger partial charge in [0.15, 0.2) is 0 Å². The lowest BCUT2D eigenvalue weighted by molar-refractivity contribution is -0.385. The first-order valence-electron chi connectivity index (χ1n) is 6.06. The molecule has 1 aliphatic rings. The van der Waals surface area contributed by atoms with Crippen molar-refractivity contribution in [3.63, 3.8) is 0 Å². The summed E-state index contributed by atoms with van der Waals surface area (Å²) in [5.41, 5.74) is -0.0927. The predicted molar refractivity (Wildman–Crippen MR) is 65.4 cm³/mol. The first-order valence-corrected chi connectivity index (χ1v) is 6.06. The monoisotopic (exact) mass is 252 g/mol. The van der Waals surface area contributed by atoms with Gasteiger partial charge in [-0.25, -0.2) is 9.97 Å². The zero-order chi connectivity index (χ0) is 13.0. The van der Waals surface area contributed by atoms with Gasteiger partial charge in [-0.2, -0.15) is 0 Å². The first kappa shape index (κ1) is 12.7. The number of hydrogen-bond donors (Lipinski definition) is 1. The maximum atomic E-state index is 10.5. The average Bonchev–Trinajstić information content (AvgIpc) is 2.84. The van der Waals surface area contributed by atoms with Crippen LogP contribution in [-0.4, -0.2) is 39.2 Å². The Labute approximate surface area is 105 Å². The fourth-order valence-electron chi connectivity index (χ4n) is 2.28. The minimum atomic E-state index is -0.503. The summed E-state index contributed by atoms with van der Waals surface area (Å²) in [6, 6.07) is 0.332. The van der Waals surface area contributed by atoms with E-state index in [-0.39, 0.29) is 12.3 Å². The van der Waals surface area contributed by atoms with Crippen LogP contribution in [0.5, 0.6) is 0 Å². The van der Waals surface area contributed by atoms with Crippen LogP contribution in [-0.2, 0) is 0 Å². The molecule has 1 saturated heterocycles. The summed E-state index contributed by atoms with van der Waals surface area (Å²) in [6.45, 7) is 1.05. The Morgan fingerprint density at radius 2 is 2.22 bits per heavy atom. The van der Waals surface area contributed by atoms with Crippen LogP contribution in [0.4, 0.5) is 11.6 Å². The molecule has 2 heterocycles. The SMILES string of the molecule is O=[N+]([O-])c1cnc(N2CCCC2CCCO)nc1. The minimum Gasteiger partial charge on any atom is -0.396 e. The van der Waals surface area contributed by atoms with E-state index >= 15 is 0 Å². The van der Waals surface area contributed by atoms with Crippen molar-refractivity contribution in [3.05, 3.63) is 22.5 Å². The van der Waals surface area contributed by atoms with Crippen LogP contribution < -0.4 is 4.90 Å². The number of rotatable bonds is 5. The molecule has 1 aromatic rings. The van der Waals surface area contributed by atoms with E-state index in [2.05, 4.69) is 14.9 Å². The molecule has 0 radical (unpaired) electrons. The van der Waals surface area contributed by atoms with Crippen molar-refractivity contribution in [1.29, 1.82) is 0 Å². The van der Waals surface area contributed by atoms with Crippen LogP contribution in [0.2, 0.25) is 0 Å². The van der Waals surface area contributed by atoms with Gasteiger partial charge >= 0.3 is 5.69 Å². The fraction of sp³-hybridized carbons (Fsp3) is 0.636. The number of aliphatic hydroxyl groups excluding tert-OH is 1. The molecule has 0 aliphatic carbocycles. The largest absolute Gasteiger partial charge is 0.396 e. The van der Waals surface area contributed by atoms with Crippen LogP contribution in [0.3, 0.4) is 0 Å². The molecule has 2 rings (SSSR count). The molecule has 1 atom stereocenters. The molecule has 1 aliphatic heterocycles. The lowest BCUT2D eigenvalue weighted by atomic mass is 10.1. The molecule has 0 spiro atoms. The normalized spacial score (nSPS) is 19.2. The van der Waals surface area contributed by atoms with Gasteiger partial charge in [0.05, 0.1) is 4.92 Å². The Hall–Kier alpha value is -1.76. The molecular formula is C11H16N4O3. The smallest absolute Gasteiger partial charge is 0.305 e. The Morgan fingerprint density at radius 1 is 1.50 bits per heavy atom. The highest BCUT2D eigenvalue weighted by atomic mass is 16.6. The summed E-state index contributed by atoms with van der Waals surface area (Å²) in [5, 5.41) is 19.4. The van der Waals surface area contributed by atoms with Gasteiger partial charge in [-0.1, -0.05) is 0 Å². The minimum absolute atomic E-state index is 0.0927. The summed E-state index contributed by atoms with van der Waals surface area (Å²) in [7, 11) is 0. The van der Waals surface area contributed by atoms with Crippen LogP contribution in [0.25, 0.3) is 0 Å². The van der Waals surface area contributed by atoms with Gasteiger partial charge in [0.25, 0.3) is 0 Å². The molecule has 1 fully saturated rings. The summed E-state index contributed by atoms with van der Waals surface area (Å²) in [5.74, 6) is 0.543. The molecular weight excluding hydrogens is 236 g/mol. The second-order valence-corrected chi connectivity index (χ2v) is 4.35. The Bertz CT molecular complexity index is 409. The van der Waals surface area contributed by atoms with Gasteiger partial charge in [0.1, 0.15) is 12.4 Å². The van der Waals surface area contributed by atoms with Crippen LogP contribution in [0.15, 0.2) is 12.4 Å². The van der Waals surface area contributed by atoms with Crippen molar-refractivity contribution in [3.8, 4) is 0 Å². The zero-order valence-electron chi connectivity index (χ0n) is 10.0. The highest BCUT2D eigenvalue weighted by molar-refractivity contribution is 5.36. The molecule has 1 aromatic heterocycles. The van der Waals surface area contributed by atoms with Crippen LogP contribution in [0, 0.1) is 10.1 Å². The number of aliphatic hydroxyl groups is 1. The Balaban J connectivity index is 2.07. The number of nitrogens with zero attached hydrogens (tertiary/aromatic N) is 4. The second kappa shape index (κ2) is 5.72. The van der Waals surface area contributed by atoms with Crippen molar-refractivity contribution in [2.45, 2.75) is 31.7 Å². The van der Waals surface area contributed by atoms with E-state index in [9.17, 15) is 10.1 Å². The average molecular weight is 252 g/mol. The van der Waals surface area contributed by atoms with E-state index in [1.165, 1.54) is 12.4 Å². The first-order chi connectivity index (χ1) is 8.72. The summed E-state index contributed by atoms with van der Waals surface area (Å²) in [6.07, 6.45) is 6.26. The Morgan fingerprint density at radius 3 is 2.83 bits per heavy atom. The second-order valence-electron chi connectivity index (χ2n) is 4.35. The molecule has 7 heteroatoms. The van der Waals surface area contributed by atoms with Gasteiger partial charge in [0, 0.05) is 19.2 Å². The molecule has 98 valence electrons. The van der Waals surface area contributed by atoms with Gasteiger partial charge < -0.3 is 10.0 Å². The van der Waals surface area contributed by atoms with Crippen molar-refractivity contribution >= 4 is 11.6 Å². The molecule has 1 N–H and O–H groups in total. The van der Waals surface area contributed by atoms with Crippen molar-refractivity contribution < 1.29 is 10.0 Å². The number of nitro groups is 1. The molecule has 7 nitrogen and oxygen atoms in total. The Kier molecular flexibility index (Phi) is 4.03. The summed E-state index contributed by atoms with van der Waals surface area (Å²) < 4.78 is 0. The van der Waals surface area contributed by atoms with Gasteiger partial charge in [0.2, 0.25) is 5.95 Å². The molecule has 0 bridgehead atoms. The topological polar surface area (TPSA) is 92.4 Å². The quantitative estimate of drug-likeness (QED) is 0.623. The zero-order valence-corrected chi connectivity index (χ0v) is 10.0. The molecule has 0 aromatic carbocycles. The predicted octanol–water partition coefficient (Wildman–Crippen LogP) is 1.13. The summed E-state index contributed by atoms with van der Waals surface area (Å²) >= 11 is 0. The fourth-order valence-corrected chi connectivity index (χ4v) is 2.28. The van der Waals surface area contributed by atoms with Crippen molar-refractivity contribution in [2.24, 2.45) is 0 Å². The van der Waals surface area contributed by atoms with Gasteiger partial charge in [-0.3, -0.25) is 10.1 Å². The highest BCUT2D eigenvalue weighted by Gasteiger charge is 2.26. The van der Waals surface area contributed by atoms with E-state index in [4.69, 9.17) is 5.11 Å². The molecule has 0 saturated carbocycles. The van der Waals surface area contributed by atoms with E-state index in [0.29, 0.717) is 12.0 Å². The van der Waals surface area contributed by atoms with E-state index < -0.39 is 4.92 Å². The number of anilines is 1. The van der Waals surface area contributed by atoms with E-state index in [1.807, 2.05) is 0 Å². The molecule has 1 unspecified atom stereocenters. The highest BCUT2D eigenvalue weighted by Crippen LogP contribution is 2.25. The van der Waals surface area contributed by atoms with E-state index in [0.717, 1.165) is 32.2 Å². The van der Waals surface area contributed by atoms with E-state index in [1.54, 1.807) is 0 Å². The number of aromatic nitrogens is 2. The van der Waals surface area contributed by atoms with Gasteiger partial charge in [-0.05, 0) is 25.7 Å². The lowest BCUT2D eigenvalue weighted by Gasteiger charge is -2.24. The maximum absolute atomic E-state index is 10.5. The third kappa shape index (κ3) is 2.73. The lowest BCUT2D eigenvalue weighted by Crippen LogP contribution is -2.30. The van der Waals surface area contributed by atoms with Crippen LogP contribution >= 0.6 is 0 Å². The van der Waals surface area contributed by atoms with Crippen LogP contribution in [0.1, 0.15) is 25.7 Å². The molecule has 18 heavy (non-hydrogen) atoms. The maximum Gasteiger partial charge on any atom is 0.305 e. The standard InChI is InChI=1S/C11H16N4O3/c16-6-2-4-9-3-1-5-14(9)11-12-7-10(8-13-11)15(17)18/h7-9,16H,1-6H2. The van der Waals surface area contributed by atoms with Crippen molar-refractivity contribution in [1.82, 2.24) is 9.97 Å². The third-order valence-corrected chi connectivity index (χ3v) is 3.16. The molecule has 0 amide bonds. The van der Waals surface area contributed by atoms with Crippen molar-refractivity contribution in [2.75, 3.05) is 18.1 Å².